The second kappa shape index (κ2) is 8.34. The SMILES string of the molecule is CCn1c(Sc2ccc(C(=O)c3ccccc3)cc2[N+](=O)[O-])nnc1-c1ccco1. The van der Waals surface area contributed by atoms with Crippen LogP contribution in [0.15, 0.2) is 81.4 Å². The van der Waals surface area contributed by atoms with Gasteiger partial charge in [-0.3, -0.25) is 19.5 Å². The van der Waals surface area contributed by atoms with Crippen LogP contribution in [0.1, 0.15) is 22.8 Å². The van der Waals surface area contributed by atoms with Crippen molar-refractivity contribution in [3.05, 3.63) is 88.2 Å². The van der Waals surface area contributed by atoms with Gasteiger partial charge in [-0.1, -0.05) is 30.3 Å². The van der Waals surface area contributed by atoms with Gasteiger partial charge in [0.25, 0.3) is 5.69 Å². The normalized spacial score (nSPS) is 10.8. The molecular weight excluding hydrogens is 404 g/mol. The number of rotatable bonds is 7. The Balaban J connectivity index is 1.69. The fourth-order valence-electron chi connectivity index (χ4n) is 2.98. The summed E-state index contributed by atoms with van der Waals surface area (Å²) in [6.07, 6.45) is 1.55. The van der Waals surface area contributed by atoms with E-state index in [4.69, 9.17) is 4.42 Å². The maximum atomic E-state index is 12.7. The lowest BCUT2D eigenvalue weighted by atomic mass is 10.0. The van der Waals surface area contributed by atoms with Crippen LogP contribution in [0.2, 0.25) is 0 Å². The molecule has 0 amide bonds. The van der Waals surface area contributed by atoms with Crippen molar-refractivity contribution in [1.29, 1.82) is 0 Å². The van der Waals surface area contributed by atoms with E-state index < -0.39 is 4.92 Å². The molecule has 0 fully saturated rings. The van der Waals surface area contributed by atoms with Gasteiger partial charge in [-0.15, -0.1) is 10.2 Å². The number of hydrogen-bond donors (Lipinski definition) is 0. The lowest BCUT2D eigenvalue weighted by molar-refractivity contribution is -0.387. The summed E-state index contributed by atoms with van der Waals surface area (Å²) in [5.74, 6) is 0.838. The highest BCUT2D eigenvalue weighted by Crippen LogP contribution is 2.36. The highest BCUT2D eigenvalue weighted by molar-refractivity contribution is 7.99. The van der Waals surface area contributed by atoms with Gasteiger partial charge in [0.1, 0.15) is 0 Å². The van der Waals surface area contributed by atoms with Crippen molar-refractivity contribution in [2.45, 2.75) is 23.5 Å². The van der Waals surface area contributed by atoms with Gasteiger partial charge in [-0.05, 0) is 43.0 Å². The topological polar surface area (TPSA) is 104 Å². The van der Waals surface area contributed by atoms with Crippen LogP contribution < -0.4 is 0 Å². The first kappa shape index (κ1) is 19.6. The molecule has 150 valence electrons. The van der Waals surface area contributed by atoms with Crippen molar-refractivity contribution in [2.75, 3.05) is 0 Å². The van der Waals surface area contributed by atoms with Gasteiger partial charge in [0, 0.05) is 23.7 Å². The zero-order valence-electron chi connectivity index (χ0n) is 15.9. The first-order chi connectivity index (χ1) is 14.6. The summed E-state index contributed by atoms with van der Waals surface area (Å²) in [5.41, 5.74) is 0.568. The molecule has 0 aliphatic heterocycles. The standard InChI is InChI=1S/C21H16N4O4S/c1-2-24-20(17-9-6-12-29-17)22-23-21(24)30-18-11-10-15(13-16(18)25(27)28)19(26)14-7-4-3-5-8-14/h3-13H,2H2,1H3. The van der Waals surface area contributed by atoms with Gasteiger partial charge in [0.05, 0.1) is 16.1 Å². The summed E-state index contributed by atoms with van der Waals surface area (Å²) in [6, 6.07) is 16.7. The van der Waals surface area contributed by atoms with E-state index in [1.54, 1.807) is 60.9 Å². The Labute approximate surface area is 175 Å². The van der Waals surface area contributed by atoms with Crippen molar-refractivity contribution < 1.29 is 14.1 Å². The molecule has 4 rings (SSSR count). The predicted molar refractivity (Wildman–Crippen MR) is 110 cm³/mol. The molecule has 0 saturated carbocycles. The van der Waals surface area contributed by atoms with Crippen molar-refractivity contribution in [1.82, 2.24) is 14.8 Å². The van der Waals surface area contributed by atoms with Gasteiger partial charge >= 0.3 is 0 Å². The van der Waals surface area contributed by atoms with E-state index in [2.05, 4.69) is 10.2 Å². The van der Waals surface area contributed by atoms with E-state index in [-0.39, 0.29) is 17.0 Å². The van der Waals surface area contributed by atoms with Crippen molar-refractivity contribution >= 4 is 23.2 Å². The highest BCUT2D eigenvalue weighted by atomic mass is 32.2. The molecule has 0 radical (unpaired) electrons. The smallest absolute Gasteiger partial charge is 0.284 e. The Hall–Kier alpha value is -3.72. The van der Waals surface area contributed by atoms with E-state index in [1.165, 1.54) is 6.07 Å². The Bertz CT molecular complexity index is 1200. The lowest BCUT2D eigenvalue weighted by Crippen LogP contribution is -2.03. The molecule has 30 heavy (non-hydrogen) atoms. The van der Waals surface area contributed by atoms with Crippen LogP contribution in [0.3, 0.4) is 0 Å². The Morgan fingerprint density at radius 3 is 2.57 bits per heavy atom. The molecule has 0 spiro atoms. The number of benzene rings is 2. The van der Waals surface area contributed by atoms with Gasteiger partial charge in [0.15, 0.2) is 22.5 Å². The second-order valence-corrected chi connectivity index (χ2v) is 7.27. The minimum atomic E-state index is -0.496. The van der Waals surface area contributed by atoms with Crippen LogP contribution in [-0.4, -0.2) is 25.5 Å². The monoisotopic (exact) mass is 420 g/mol. The molecule has 9 heteroatoms. The van der Waals surface area contributed by atoms with Crippen LogP contribution in [0.5, 0.6) is 0 Å². The number of nitro groups is 1. The summed E-state index contributed by atoms with van der Waals surface area (Å²) < 4.78 is 7.21. The van der Waals surface area contributed by atoms with Crippen molar-refractivity contribution in [3.8, 4) is 11.6 Å². The average Bonchev–Trinajstić information content (AvgIpc) is 3.43. The van der Waals surface area contributed by atoms with Crippen molar-refractivity contribution in [2.24, 2.45) is 0 Å². The van der Waals surface area contributed by atoms with Gasteiger partial charge < -0.3 is 4.42 Å². The third kappa shape index (κ3) is 3.74. The Morgan fingerprint density at radius 2 is 1.90 bits per heavy atom. The largest absolute Gasteiger partial charge is 0.461 e. The maximum Gasteiger partial charge on any atom is 0.284 e. The molecule has 0 aliphatic carbocycles. The summed E-state index contributed by atoms with van der Waals surface area (Å²) in [4.78, 5) is 24.2. The molecule has 0 saturated heterocycles. The minimum Gasteiger partial charge on any atom is -0.461 e. The molecule has 2 aromatic heterocycles. The number of ketones is 1. The van der Waals surface area contributed by atoms with Crippen molar-refractivity contribution in [3.63, 3.8) is 0 Å². The van der Waals surface area contributed by atoms with Crippen LogP contribution in [-0.2, 0) is 6.54 Å². The molecule has 2 heterocycles. The zero-order valence-corrected chi connectivity index (χ0v) is 16.7. The van der Waals surface area contributed by atoms with E-state index >= 15 is 0 Å². The summed E-state index contributed by atoms with van der Waals surface area (Å²) in [5, 5.41) is 20.5. The molecule has 8 nitrogen and oxygen atoms in total. The first-order valence-electron chi connectivity index (χ1n) is 9.11. The van der Waals surface area contributed by atoms with Crippen LogP contribution >= 0.6 is 11.8 Å². The molecule has 2 aromatic carbocycles. The highest BCUT2D eigenvalue weighted by Gasteiger charge is 2.22. The van der Waals surface area contributed by atoms with Crippen LogP contribution in [0.25, 0.3) is 11.6 Å². The summed E-state index contributed by atoms with van der Waals surface area (Å²) in [7, 11) is 0. The van der Waals surface area contributed by atoms with E-state index in [1.807, 2.05) is 11.5 Å². The fourth-order valence-corrected chi connectivity index (χ4v) is 3.96. The predicted octanol–water partition coefficient (Wildman–Crippen LogP) is 4.85. The quantitative estimate of drug-likeness (QED) is 0.239. The number of aromatic nitrogens is 3. The molecule has 0 atom stereocenters. The van der Waals surface area contributed by atoms with Crippen LogP contribution in [0.4, 0.5) is 5.69 Å². The lowest BCUT2D eigenvalue weighted by Gasteiger charge is -2.07. The van der Waals surface area contributed by atoms with E-state index in [0.717, 1.165) is 11.8 Å². The fraction of sp³-hybridized carbons (Fsp3) is 0.0952. The van der Waals surface area contributed by atoms with Gasteiger partial charge in [-0.25, -0.2) is 0 Å². The number of nitrogens with zero attached hydrogens (tertiary/aromatic N) is 4. The Morgan fingerprint density at radius 1 is 1.10 bits per heavy atom. The Kier molecular flexibility index (Phi) is 5.44. The summed E-state index contributed by atoms with van der Waals surface area (Å²) in [6.45, 7) is 2.49. The summed E-state index contributed by atoms with van der Waals surface area (Å²) >= 11 is 1.12. The average molecular weight is 420 g/mol. The third-order valence-corrected chi connectivity index (χ3v) is 5.48. The molecular formula is C21H16N4O4S. The number of furan rings is 1. The molecule has 0 bridgehead atoms. The van der Waals surface area contributed by atoms with Crippen LogP contribution in [0, 0.1) is 10.1 Å². The second-order valence-electron chi connectivity index (χ2n) is 6.26. The molecule has 4 aromatic rings. The number of carbonyl (C=O) groups excluding carboxylic acids is 1. The molecule has 0 unspecified atom stereocenters. The van der Waals surface area contributed by atoms with E-state index in [9.17, 15) is 14.9 Å². The van der Waals surface area contributed by atoms with E-state index in [0.29, 0.717) is 33.7 Å². The minimum absolute atomic E-state index is 0.160. The number of nitro benzene ring substituents is 1. The van der Waals surface area contributed by atoms with Gasteiger partial charge in [0.2, 0.25) is 0 Å². The first-order valence-corrected chi connectivity index (χ1v) is 9.93. The molecule has 0 aliphatic rings. The maximum absolute atomic E-state index is 12.7. The van der Waals surface area contributed by atoms with Gasteiger partial charge in [-0.2, -0.15) is 0 Å². The zero-order chi connectivity index (χ0) is 21.1. The number of carbonyl (C=O) groups is 1. The third-order valence-electron chi connectivity index (χ3n) is 4.43. The number of hydrogen-bond acceptors (Lipinski definition) is 7. The molecule has 0 N–H and O–H groups in total.